The van der Waals surface area contributed by atoms with Crippen molar-refractivity contribution >= 4 is 27.4 Å². The van der Waals surface area contributed by atoms with Gasteiger partial charge in [0.15, 0.2) is 15.7 Å². The number of ether oxygens (including phenoxy) is 1. The van der Waals surface area contributed by atoms with Gasteiger partial charge in [0.2, 0.25) is 0 Å². The molecule has 2 fully saturated rings. The SMILES string of the molecule is CCS(=O)(=O)C1(c2cc(N3CCOC[C@@H]3C)nc(-c3ccc(NC(=O)NCN(C)C)cc3)n2)CC1. The average molecular weight is 503 g/mol. The number of aromatic nitrogens is 2. The standard InChI is InChI=1S/C24H34N6O4S/c1-5-35(32,33)24(10-11-24)20-14-21(30-12-13-34-15-17(30)2)28-22(27-20)18-6-8-19(9-7-18)26-23(31)25-16-29(3)4/h6-9,14,17H,5,10-13,15-16H2,1-4H3,(H2,25,26,31)/t17-/m0/s1. The fourth-order valence-corrected chi connectivity index (χ4v) is 5.94. The first kappa shape index (κ1) is 25.3. The van der Waals surface area contributed by atoms with E-state index in [-0.39, 0.29) is 17.8 Å². The number of rotatable bonds is 8. The molecule has 1 saturated carbocycles. The minimum atomic E-state index is -3.32. The van der Waals surface area contributed by atoms with Gasteiger partial charge in [-0.3, -0.25) is 4.90 Å². The van der Waals surface area contributed by atoms with Gasteiger partial charge in [0.1, 0.15) is 10.6 Å². The molecule has 2 amide bonds. The highest BCUT2D eigenvalue weighted by Gasteiger charge is 2.56. The highest BCUT2D eigenvalue weighted by molar-refractivity contribution is 7.92. The van der Waals surface area contributed by atoms with Gasteiger partial charge in [-0.1, -0.05) is 6.92 Å². The second-order valence-electron chi connectivity index (χ2n) is 9.40. The minimum Gasteiger partial charge on any atom is -0.377 e. The van der Waals surface area contributed by atoms with Crippen molar-refractivity contribution in [1.29, 1.82) is 0 Å². The van der Waals surface area contributed by atoms with Gasteiger partial charge in [0.25, 0.3) is 0 Å². The van der Waals surface area contributed by atoms with Gasteiger partial charge < -0.3 is 20.3 Å². The van der Waals surface area contributed by atoms with Crippen LogP contribution < -0.4 is 15.5 Å². The molecule has 2 N–H and O–H groups in total. The molecule has 4 rings (SSSR count). The van der Waals surface area contributed by atoms with Crippen LogP contribution in [0.4, 0.5) is 16.3 Å². The number of morpholine rings is 1. The van der Waals surface area contributed by atoms with Crippen molar-refractivity contribution in [2.45, 2.75) is 37.5 Å². The number of benzene rings is 1. The average Bonchev–Trinajstić information content (AvgIpc) is 3.66. The number of carbonyl (C=O) groups excluding carboxylic acids is 1. The lowest BCUT2D eigenvalue weighted by Crippen LogP contribution is -2.44. The summed E-state index contributed by atoms with van der Waals surface area (Å²) in [6.45, 7) is 6.03. The molecule has 11 heteroatoms. The molecular formula is C24H34N6O4S. The number of hydrogen-bond donors (Lipinski definition) is 2. The summed E-state index contributed by atoms with van der Waals surface area (Å²) in [4.78, 5) is 25.6. The highest BCUT2D eigenvalue weighted by Crippen LogP contribution is 2.53. The summed E-state index contributed by atoms with van der Waals surface area (Å²) in [5, 5.41) is 5.55. The van der Waals surface area contributed by atoms with Crippen LogP contribution in [0.3, 0.4) is 0 Å². The van der Waals surface area contributed by atoms with E-state index in [0.29, 0.717) is 62.3 Å². The molecule has 10 nitrogen and oxygen atoms in total. The Labute approximate surface area is 207 Å². The fraction of sp³-hybridized carbons (Fsp3) is 0.542. The van der Waals surface area contributed by atoms with E-state index >= 15 is 0 Å². The van der Waals surface area contributed by atoms with Gasteiger partial charge in [0.05, 0.1) is 31.6 Å². The number of sulfone groups is 1. The number of hydrogen-bond acceptors (Lipinski definition) is 8. The Balaban J connectivity index is 1.66. The van der Waals surface area contributed by atoms with Crippen LogP contribution in [0, 0.1) is 0 Å². The maximum absolute atomic E-state index is 13.0. The summed E-state index contributed by atoms with van der Waals surface area (Å²) in [5.74, 6) is 1.26. The quantitative estimate of drug-likeness (QED) is 0.529. The topological polar surface area (TPSA) is 117 Å². The molecular weight excluding hydrogens is 468 g/mol. The van der Waals surface area contributed by atoms with E-state index in [1.54, 1.807) is 19.1 Å². The van der Waals surface area contributed by atoms with Crippen molar-refractivity contribution in [3.05, 3.63) is 36.0 Å². The van der Waals surface area contributed by atoms with Gasteiger partial charge in [-0.2, -0.15) is 0 Å². The van der Waals surface area contributed by atoms with Gasteiger partial charge >= 0.3 is 6.03 Å². The van der Waals surface area contributed by atoms with E-state index in [1.165, 1.54) is 0 Å². The first-order chi connectivity index (χ1) is 16.6. The molecule has 190 valence electrons. The second-order valence-corrected chi connectivity index (χ2v) is 12.0. The van der Waals surface area contributed by atoms with Crippen molar-refractivity contribution < 1.29 is 17.9 Å². The molecule has 1 aliphatic heterocycles. The summed E-state index contributed by atoms with van der Waals surface area (Å²) in [5.41, 5.74) is 1.94. The third-order valence-electron chi connectivity index (χ3n) is 6.48. The van der Waals surface area contributed by atoms with Crippen LogP contribution in [0.2, 0.25) is 0 Å². The van der Waals surface area contributed by atoms with E-state index in [2.05, 4.69) is 22.5 Å². The number of nitrogens with one attached hydrogen (secondary N) is 2. The number of carbonyl (C=O) groups is 1. The van der Waals surface area contributed by atoms with Crippen LogP contribution in [0.1, 0.15) is 32.4 Å². The molecule has 2 aliphatic rings. The van der Waals surface area contributed by atoms with E-state index in [4.69, 9.17) is 14.7 Å². The molecule has 0 radical (unpaired) electrons. The zero-order valence-electron chi connectivity index (χ0n) is 20.7. The molecule has 0 unspecified atom stereocenters. The first-order valence-corrected chi connectivity index (χ1v) is 13.6. The molecule has 0 spiro atoms. The number of urea groups is 1. The molecule has 35 heavy (non-hydrogen) atoms. The molecule has 1 atom stereocenters. The molecule has 0 bridgehead atoms. The number of amides is 2. The van der Waals surface area contributed by atoms with Crippen LogP contribution in [-0.2, 0) is 19.3 Å². The van der Waals surface area contributed by atoms with Crippen molar-refractivity contribution in [2.75, 3.05) is 56.5 Å². The number of anilines is 2. The zero-order chi connectivity index (χ0) is 25.2. The Morgan fingerprint density at radius 1 is 1.23 bits per heavy atom. The maximum Gasteiger partial charge on any atom is 0.320 e. The van der Waals surface area contributed by atoms with E-state index < -0.39 is 14.6 Å². The van der Waals surface area contributed by atoms with Crippen molar-refractivity contribution in [1.82, 2.24) is 20.2 Å². The maximum atomic E-state index is 13.0. The van der Waals surface area contributed by atoms with Crippen molar-refractivity contribution in [2.24, 2.45) is 0 Å². The Bertz CT molecular complexity index is 1170. The van der Waals surface area contributed by atoms with Crippen LogP contribution in [0.25, 0.3) is 11.4 Å². The van der Waals surface area contributed by atoms with E-state index in [0.717, 1.165) is 5.56 Å². The summed E-state index contributed by atoms with van der Waals surface area (Å²) in [7, 11) is 0.412. The molecule has 1 aliphatic carbocycles. The van der Waals surface area contributed by atoms with E-state index in [1.807, 2.05) is 37.2 Å². The zero-order valence-corrected chi connectivity index (χ0v) is 21.6. The van der Waals surface area contributed by atoms with Crippen LogP contribution in [0.15, 0.2) is 30.3 Å². The third kappa shape index (κ3) is 5.41. The second kappa shape index (κ2) is 10.1. The lowest BCUT2D eigenvalue weighted by atomic mass is 10.1. The summed E-state index contributed by atoms with van der Waals surface area (Å²) >= 11 is 0. The normalized spacial score (nSPS) is 19.5. The lowest BCUT2D eigenvalue weighted by molar-refractivity contribution is 0.0985. The van der Waals surface area contributed by atoms with Crippen molar-refractivity contribution in [3.8, 4) is 11.4 Å². The minimum absolute atomic E-state index is 0.0753. The molecule has 1 aromatic heterocycles. The lowest BCUT2D eigenvalue weighted by Gasteiger charge is -2.34. The Kier molecular flexibility index (Phi) is 7.30. The van der Waals surface area contributed by atoms with E-state index in [9.17, 15) is 13.2 Å². The van der Waals surface area contributed by atoms with Crippen LogP contribution in [0.5, 0.6) is 0 Å². The Morgan fingerprint density at radius 3 is 2.54 bits per heavy atom. The van der Waals surface area contributed by atoms with Crippen molar-refractivity contribution in [3.63, 3.8) is 0 Å². The Morgan fingerprint density at radius 2 is 1.94 bits per heavy atom. The van der Waals surface area contributed by atoms with Gasteiger partial charge in [-0.25, -0.2) is 23.2 Å². The van der Waals surface area contributed by atoms with Crippen LogP contribution >= 0.6 is 0 Å². The highest BCUT2D eigenvalue weighted by atomic mass is 32.2. The van der Waals surface area contributed by atoms with Gasteiger partial charge in [-0.15, -0.1) is 0 Å². The summed E-state index contributed by atoms with van der Waals surface area (Å²) in [6.07, 6.45) is 1.14. The molecule has 1 saturated heterocycles. The molecule has 2 aromatic rings. The largest absolute Gasteiger partial charge is 0.377 e. The smallest absolute Gasteiger partial charge is 0.320 e. The predicted octanol–water partition coefficient (Wildman–Crippen LogP) is 2.43. The molecule has 2 heterocycles. The fourth-order valence-electron chi connectivity index (χ4n) is 4.24. The van der Waals surface area contributed by atoms with Gasteiger partial charge in [0, 0.05) is 29.6 Å². The Hall–Kier alpha value is -2.76. The summed E-state index contributed by atoms with van der Waals surface area (Å²) in [6, 6.07) is 8.90. The monoisotopic (exact) mass is 502 g/mol. The summed E-state index contributed by atoms with van der Waals surface area (Å²) < 4.78 is 30.6. The predicted molar refractivity (Wildman–Crippen MR) is 136 cm³/mol. The molecule has 1 aromatic carbocycles. The number of nitrogens with zero attached hydrogens (tertiary/aromatic N) is 4. The third-order valence-corrected chi connectivity index (χ3v) is 9.05. The van der Waals surface area contributed by atoms with Gasteiger partial charge in [-0.05, 0) is 58.1 Å². The first-order valence-electron chi connectivity index (χ1n) is 11.9. The van der Waals surface area contributed by atoms with Crippen LogP contribution in [-0.4, -0.2) is 81.6 Å².